The number of halogens is 1. The average Bonchev–Trinajstić information content (AvgIpc) is 3.03. The van der Waals surface area contributed by atoms with E-state index in [2.05, 4.69) is 15.7 Å². The van der Waals surface area contributed by atoms with E-state index in [1.165, 1.54) is 11.1 Å². The quantitative estimate of drug-likeness (QED) is 0.794. The van der Waals surface area contributed by atoms with Crippen LogP contribution in [-0.4, -0.2) is 28.1 Å². The molecule has 1 aromatic heterocycles. The fraction of sp³-hybridized carbons (Fsp3) is 0.450. The zero-order chi connectivity index (χ0) is 19.2. The van der Waals surface area contributed by atoms with Crippen LogP contribution in [0.5, 0.6) is 0 Å². The molecule has 0 saturated heterocycles. The fourth-order valence-corrected chi connectivity index (χ4v) is 3.60. The first kappa shape index (κ1) is 19.4. The van der Waals surface area contributed by atoms with Crippen LogP contribution in [0, 0.1) is 5.92 Å². The van der Waals surface area contributed by atoms with E-state index in [1.54, 1.807) is 13.1 Å². The summed E-state index contributed by atoms with van der Waals surface area (Å²) in [6, 6.07) is 9.18. The van der Waals surface area contributed by atoms with Gasteiger partial charge >= 0.3 is 0 Å². The van der Waals surface area contributed by atoms with Crippen LogP contribution in [0.2, 0.25) is 5.02 Å². The van der Waals surface area contributed by atoms with Gasteiger partial charge in [0.1, 0.15) is 5.82 Å². The number of carbonyl (C=O) groups excluding carboxylic acids is 2. The molecule has 0 aliphatic heterocycles. The maximum absolute atomic E-state index is 12.4. The van der Waals surface area contributed by atoms with Crippen LogP contribution >= 0.6 is 11.6 Å². The molecule has 144 valence electrons. The van der Waals surface area contributed by atoms with Gasteiger partial charge in [0.05, 0.1) is 0 Å². The Morgan fingerprint density at radius 1 is 1.22 bits per heavy atom. The Morgan fingerprint density at radius 3 is 2.74 bits per heavy atom. The zero-order valence-corrected chi connectivity index (χ0v) is 16.3. The summed E-state index contributed by atoms with van der Waals surface area (Å²) >= 11 is 5.97. The van der Waals surface area contributed by atoms with E-state index in [0.717, 1.165) is 31.2 Å². The molecule has 6 nitrogen and oxygen atoms in total. The van der Waals surface area contributed by atoms with E-state index >= 15 is 0 Å². The SMILES string of the molecule is Cn1nc(C(=O)NCCc2cccc(Cl)c2)cc1NC(=O)C1CCCCC1. The molecule has 0 bridgehead atoms. The lowest BCUT2D eigenvalue weighted by Gasteiger charge is -2.20. The number of anilines is 1. The van der Waals surface area contributed by atoms with E-state index in [0.29, 0.717) is 29.5 Å². The lowest BCUT2D eigenvalue weighted by Crippen LogP contribution is -2.26. The highest BCUT2D eigenvalue weighted by atomic mass is 35.5. The molecule has 2 aromatic rings. The Balaban J connectivity index is 1.53. The van der Waals surface area contributed by atoms with Crippen molar-refractivity contribution in [2.45, 2.75) is 38.5 Å². The van der Waals surface area contributed by atoms with Crippen molar-refractivity contribution in [2.24, 2.45) is 13.0 Å². The Hall–Kier alpha value is -2.34. The third-order valence-corrected chi connectivity index (χ3v) is 5.16. The molecule has 1 heterocycles. The van der Waals surface area contributed by atoms with Gasteiger partial charge in [-0.2, -0.15) is 5.10 Å². The fourth-order valence-electron chi connectivity index (χ4n) is 3.39. The van der Waals surface area contributed by atoms with Crippen LogP contribution in [0.4, 0.5) is 5.82 Å². The van der Waals surface area contributed by atoms with E-state index < -0.39 is 0 Å². The van der Waals surface area contributed by atoms with Crippen LogP contribution in [0.15, 0.2) is 30.3 Å². The van der Waals surface area contributed by atoms with Crippen molar-refractivity contribution < 1.29 is 9.59 Å². The minimum Gasteiger partial charge on any atom is -0.350 e. The molecule has 1 aliphatic rings. The number of nitrogens with one attached hydrogen (secondary N) is 2. The van der Waals surface area contributed by atoms with Crippen molar-refractivity contribution in [1.82, 2.24) is 15.1 Å². The van der Waals surface area contributed by atoms with E-state index in [9.17, 15) is 9.59 Å². The molecule has 2 N–H and O–H groups in total. The normalized spacial score (nSPS) is 14.7. The number of benzene rings is 1. The topological polar surface area (TPSA) is 76.0 Å². The first-order valence-electron chi connectivity index (χ1n) is 9.40. The molecule has 7 heteroatoms. The summed E-state index contributed by atoms with van der Waals surface area (Å²) in [4.78, 5) is 24.7. The molecule has 0 spiro atoms. The Labute approximate surface area is 164 Å². The molecule has 1 saturated carbocycles. The van der Waals surface area contributed by atoms with E-state index in [4.69, 9.17) is 11.6 Å². The largest absolute Gasteiger partial charge is 0.350 e. The van der Waals surface area contributed by atoms with Crippen LogP contribution in [0.3, 0.4) is 0 Å². The summed E-state index contributed by atoms with van der Waals surface area (Å²) in [6.07, 6.45) is 5.95. The Bertz CT molecular complexity index is 812. The summed E-state index contributed by atoms with van der Waals surface area (Å²) in [5.74, 6) is 0.366. The second-order valence-electron chi connectivity index (χ2n) is 7.00. The van der Waals surface area contributed by atoms with Gasteiger partial charge in [0.2, 0.25) is 5.91 Å². The van der Waals surface area contributed by atoms with Crippen molar-refractivity contribution in [3.63, 3.8) is 0 Å². The van der Waals surface area contributed by atoms with Crippen LogP contribution in [-0.2, 0) is 18.3 Å². The highest BCUT2D eigenvalue weighted by Crippen LogP contribution is 2.25. The molecular weight excluding hydrogens is 364 g/mol. The summed E-state index contributed by atoms with van der Waals surface area (Å²) in [7, 11) is 1.72. The summed E-state index contributed by atoms with van der Waals surface area (Å²) in [5, 5.41) is 10.7. The molecule has 3 rings (SSSR count). The maximum Gasteiger partial charge on any atom is 0.271 e. The molecule has 0 unspecified atom stereocenters. The standard InChI is InChI=1S/C20H25ClN4O2/c1-25-18(23-19(26)15-7-3-2-4-8-15)13-17(24-25)20(27)22-11-10-14-6-5-9-16(21)12-14/h5-6,9,12-13,15H,2-4,7-8,10-11H2,1H3,(H,22,27)(H,23,26). The lowest BCUT2D eigenvalue weighted by molar-refractivity contribution is -0.120. The third kappa shape index (κ3) is 5.32. The molecule has 1 fully saturated rings. The van der Waals surface area contributed by atoms with Crippen molar-refractivity contribution >= 4 is 29.2 Å². The highest BCUT2D eigenvalue weighted by Gasteiger charge is 2.22. The number of rotatable bonds is 6. The van der Waals surface area contributed by atoms with Gasteiger partial charge in [-0.05, 0) is 37.0 Å². The van der Waals surface area contributed by atoms with E-state index in [1.807, 2.05) is 24.3 Å². The molecular formula is C20H25ClN4O2. The zero-order valence-electron chi connectivity index (χ0n) is 15.5. The summed E-state index contributed by atoms with van der Waals surface area (Å²) < 4.78 is 1.53. The van der Waals surface area contributed by atoms with E-state index in [-0.39, 0.29) is 17.7 Å². The molecule has 0 atom stereocenters. The predicted octanol–water partition coefficient (Wildman–Crippen LogP) is 3.56. The molecule has 27 heavy (non-hydrogen) atoms. The van der Waals surface area contributed by atoms with Crippen LogP contribution < -0.4 is 10.6 Å². The van der Waals surface area contributed by atoms with Gasteiger partial charge in [0.25, 0.3) is 5.91 Å². The van der Waals surface area contributed by atoms with Gasteiger partial charge in [-0.1, -0.05) is 43.0 Å². The van der Waals surface area contributed by atoms with Crippen LogP contribution in [0.1, 0.15) is 48.2 Å². The summed E-state index contributed by atoms with van der Waals surface area (Å²) in [5.41, 5.74) is 1.35. The van der Waals surface area contributed by atoms with Crippen molar-refractivity contribution in [1.29, 1.82) is 0 Å². The Morgan fingerprint density at radius 2 is 2.00 bits per heavy atom. The first-order valence-corrected chi connectivity index (χ1v) is 9.78. The smallest absolute Gasteiger partial charge is 0.271 e. The number of aryl methyl sites for hydroxylation is 1. The van der Waals surface area contributed by atoms with Gasteiger partial charge in [0.15, 0.2) is 5.69 Å². The van der Waals surface area contributed by atoms with Crippen molar-refractivity contribution in [3.8, 4) is 0 Å². The minimum atomic E-state index is -0.259. The Kier molecular flexibility index (Phi) is 6.50. The number of amides is 2. The summed E-state index contributed by atoms with van der Waals surface area (Å²) in [6.45, 7) is 0.486. The van der Waals surface area contributed by atoms with Gasteiger partial charge in [-0.3, -0.25) is 14.3 Å². The molecule has 2 amide bonds. The average molecular weight is 389 g/mol. The third-order valence-electron chi connectivity index (χ3n) is 4.93. The molecule has 1 aliphatic carbocycles. The lowest BCUT2D eigenvalue weighted by atomic mass is 9.89. The van der Waals surface area contributed by atoms with Gasteiger partial charge < -0.3 is 10.6 Å². The van der Waals surface area contributed by atoms with Gasteiger partial charge in [0, 0.05) is 30.6 Å². The second kappa shape index (κ2) is 9.04. The maximum atomic E-state index is 12.4. The molecule has 1 aromatic carbocycles. The monoisotopic (exact) mass is 388 g/mol. The van der Waals surface area contributed by atoms with Gasteiger partial charge in [-0.15, -0.1) is 0 Å². The first-order chi connectivity index (χ1) is 13.0. The number of carbonyl (C=O) groups is 2. The number of hydrogen-bond acceptors (Lipinski definition) is 3. The van der Waals surface area contributed by atoms with Crippen molar-refractivity contribution in [3.05, 3.63) is 46.6 Å². The van der Waals surface area contributed by atoms with Crippen LogP contribution in [0.25, 0.3) is 0 Å². The van der Waals surface area contributed by atoms with Crippen molar-refractivity contribution in [2.75, 3.05) is 11.9 Å². The molecule has 0 radical (unpaired) electrons. The number of nitrogens with zero attached hydrogens (tertiary/aromatic N) is 2. The number of hydrogen-bond donors (Lipinski definition) is 2. The van der Waals surface area contributed by atoms with Gasteiger partial charge in [-0.25, -0.2) is 0 Å². The highest BCUT2D eigenvalue weighted by molar-refractivity contribution is 6.30. The number of aromatic nitrogens is 2. The predicted molar refractivity (Wildman–Crippen MR) is 106 cm³/mol. The minimum absolute atomic E-state index is 0.0191. The second-order valence-corrected chi connectivity index (χ2v) is 7.43.